The van der Waals surface area contributed by atoms with Gasteiger partial charge in [0.1, 0.15) is 5.82 Å². The summed E-state index contributed by atoms with van der Waals surface area (Å²) in [6, 6.07) is 15.5. The summed E-state index contributed by atoms with van der Waals surface area (Å²) in [6.07, 6.45) is 3.26. The standard InChI is InChI=1S/C20H22FN/c1-22(2)14-13-17-8-7-15-5-3-4-6-19(15)20(17)16-9-11-18(21)12-10-16/h3-6,9-12H,7-8,13-14H2,1-2H3. The van der Waals surface area contributed by atoms with Crippen LogP contribution in [-0.4, -0.2) is 25.5 Å². The normalized spacial score (nSPS) is 14.4. The molecule has 1 nitrogen and oxygen atoms in total. The SMILES string of the molecule is CN(C)CCC1=C(c2ccc(F)cc2)c2ccccc2CC1. The van der Waals surface area contributed by atoms with E-state index in [1.807, 2.05) is 12.1 Å². The van der Waals surface area contributed by atoms with Crippen LogP contribution in [0.15, 0.2) is 54.1 Å². The van der Waals surface area contributed by atoms with Crippen molar-refractivity contribution in [3.05, 3.63) is 76.6 Å². The highest BCUT2D eigenvalue weighted by atomic mass is 19.1. The van der Waals surface area contributed by atoms with Gasteiger partial charge in [-0.15, -0.1) is 0 Å². The molecule has 0 aliphatic heterocycles. The topological polar surface area (TPSA) is 3.24 Å². The lowest BCUT2D eigenvalue weighted by Gasteiger charge is -2.25. The molecule has 22 heavy (non-hydrogen) atoms. The van der Waals surface area contributed by atoms with Crippen LogP contribution in [0.3, 0.4) is 0 Å². The fourth-order valence-electron chi connectivity index (χ4n) is 3.17. The summed E-state index contributed by atoms with van der Waals surface area (Å²) in [4.78, 5) is 2.22. The molecule has 0 unspecified atom stereocenters. The molecular weight excluding hydrogens is 273 g/mol. The maximum Gasteiger partial charge on any atom is 0.123 e. The van der Waals surface area contributed by atoms with E-state index >= 15 is 0 Å². The summed E-state index contributed by atoms with van der Waals surface area (Å²) in [6.45, 7) is 1.04. The van der Waals surface area contributed by atoms with Crippen molar-refractivity contribution in [3.63, 3.8) is 0 Å². The van der Waals surface area contributed by atoms with Gasteiger partial charge < -0.3 is 4.90 Å². The molecular formula is C20H22FN. The Labute approximate surface area is 132 Å². The zero-order valence-corrected chi connectivity index (χ0v) is 13.3. The predicted octanol–water partition coefficient (Wildman–Crippen LogP) is 4.53. The summed E-state index contributed by atoms with van der Waals surface area (Å²) in [5, 5.41) is 0. The van der Waals surface area contributed by atoms with E-state index in [0.29, 0.717) is 0 Å². The molecule has 0 saturated heterocycles. The lowest BCUT2D eigenvalue weighted by molar-refractivity contribution is 0.411. The zero-order chi connectivity index (χ0) is 15.5. The van der Waals surface area contributed by atoms with E-state index < -0.39 is 0 Å². The smallest absolute Gasteiger partial charge is 0.123 e. The third-order valence-electron chi connectivity index (χ3n) is 4.33. The summed E-state index contributed by atoms with van der Waals surface area (Å²) in [5.41, 5.74) is 6.63. The van der Waals surface area contributed by atoms with E-state index in [0.717, 1.165) is 31.4 Å². The molecule has 2 aromatic carbocycles. The Morgan fingerprint density at radius 2 is 1.68 bits per heavy atom. The molecule has 2 heteroatoms. The summed E-state index contributed by atoms with van der Waals surface area (Å²) < 4.78 is 13.3. The molecule has 3 rings (SSSR count). The number of aryl methyl sites for hydroxylation is 1. The fourth-order valence-corrected chi connectivity index (χ4v) is 3.17. The number of fused-ring (bicyclic) bond motifs is 1. The van der Waals surface area contributed by atoms with Crippen LogP contribution in [0.1, 0.15) is 29.5 Å². The third kappa shape index (κ3) is 3.12. The first kappa shape index (κ1) is 15.0. The van der Waals surface area contributed by atoms with Gasteiger partial charge in [0.15, 0.2) is 0 Å². The Morgan fingerprint density at radius 3 is 2.41 bits per heavy atom. The van der Waals surface area contributed by atoms with E-state index in [1.165, 1.54) is 22.3 Å². The molecule has 0 spiro atoms. The molecule has 0 radical (unpaired) electrons. The molecule has 2 aromatic rings. The Hall–Kier alpha value is -1.93. The van der Waals surface area contributed by atoms with Crippen molar-refractivity contribution in [1.82, 2.24) is 4.90 Å². The van der Waals surface area contributed by atoms with Crippen LogP contribution >= 0.6 is 0 Å². The highest BCUT2D eigenvalue weighted by molar-refractivity contribution is 5.84. The van der Waals surface area contributed by atoms with Gasteiger partial charge in [0.2, 0.25) is 0 Å². The lowest BCUT2D eigenvalue weighted by Crippen LogP contribution is -2.16. The number of halogens is 1. The quantitative estimate of drug-likeness (QED) is 0.801. The average Bonchev–Trinajstić information content (AvgIpc) is 2.53. The fraction of sp³-hybridized carbons (Fsp3) is 0.300. The summed E-state index contributed by atoms with van der Waals surface area (Å²) in [5.74, 6) is -0.178. The molecule has 0 amide bonds. The van der Waals surface area contributed by atoms with E-state index in [9.17, 15) is 4.39 Å². The molecule has 0 atom stereocenters. The average molecular weight is 295 g/mol. The number of rotatable bonds is 4. The number of nitrogens with zero attached hydrogens (tertiary/aromatic N) is 1. The summed E-state index contributed by atoms with van der Waals surface area (Å²) in [7, 11) is 4.21. The molecule has 0 N–H and O–H groups in total. The van der Waals surface area contributed by atoms with Gasteiger partial charge in [0, 0.05) is 6.54 Å². The van der Waals surface area contributed by atoms with Crippen molar-refractivity contribution in [2.75, 3.05) is 20.6 Å². The van der Waals surface area contributed by atoms with Gasteiger partial charge in [0.05, 0.1) is 0 Å². The van der Waals surface area contributed by atoms with Gasteiger partial charge in [-0.05, 0) is 67.8 Å². The molecule has 0 saturated carbocycles. The van der Waals surface area contributed by atoms with Gasteiger partial charge in [-0.25, -0.2) is 4.39 Å². The second kappa shape index (κ2) is 6.45. The molecule has 1 aliphatic rings. The molecule has 0 aromatic heterocycles. The second-order valence-corrected chi connectivity index (χ2v) is 6.20. The van der Waals surface area contributed by atoms with Gasteiger partial charge in [-0.1, -0.05) is 42.0 Å². The molecule has 0 heterocycles. The number of hydrogen-bond donors (Lipinski definition) is 0. The van der Waals surface area contributed by atoms with Crippen molar-refractivity contribution in [1.29, 1.82) is 0 Å². The molecule has 0 bridgehead atoms. The number of benzene rings is 2. The van der Waals surface area contributed by atoms with Crippen LogP contribution in [-0.2, 0) is 6.42 Å². The molecule has 114 valence electrons. The Morgan fingerprint density at radius 1 is 0.955 bits per heavy atom. The first-order chi connectivity index (χ1) is 10.6. The van der Waals surface area contributed by atoms with Crippen LogP contribution in [0.5, 0.6) is 0 Å². The minimum atomic E-state index is -0.178. The van der Waals surface area contributed by atoms with Crippen LogP contribution < -0.4 is 0 Å². The van der Waals surface area contributed by atoms with E-state index in [2.05, 4.69) is 43.3 Å². The second-order valence-electron chi connectivity index (χ2n) is 6.20. The summed E-state index contributed by atoms with van der Waals surface area (Å²) >= 11 is 0. The van der Waals surface area contributed by atoms with Crippen LogP contribution in [0, 0.1) is 5.82 Å². The van der Waals surface area contributed by atoms with Crippen molar-refractivity contribution in [3.8, 4) is 0 Å². The van der Waals surface area contributed by atoms with Crippen molar-refractivity contribution in [2.45, 2.75) is 19.3 Å². The van der Waals surface area contributed by atoms with Gasteiger partial charge in [0.25, 0.3) is 0 Å². The minimum Gasteiger partial charge on any atom is -0.309 e. The van der Waals surface area contributed by atoms with Crippen LogP contribution in [0.4, 0.5) is 4.39 Å². The molecule has 0 fully saturated rings. The van der Waals surface area contributed by atoms with E-state index in [4.69, 9.17) is 0 Å². The first-order valence-corrected chi connectivity index (χ1v) is 7.86. The van der Waals surface area contributed by atoms with Crippen LogP contribution in [0.25, 0.3) is 5.57 Å². The number of hydrogen-bond acceptors (Lipinski definition) is 1. The minimum absolute atomic E-state index is 0.178. The van der Waals surface area contributed by atoms with Crippen molar-refractivity contribution in [2.24, 2.45) is 0 Å². The van der Waals surface area contributed by atoms with Gasteiger partial charge in [-0.2, -0.15) is 0 Å². The maximum atomic E-state index is 13.3. The van der Waals surface area contributed by atoms with E-state index in [1.54, 1.807) is 12.1 Å². The third-order valence-corrected chi connectivity index (χ3v) is 4.33. The van der Waals surface area contributed by atoms with E-state index in [-0.39, 0.29) is 5.82 Å². The Balaban J connectivity index is 2.08. The Kier molecular flexibility index (Phi) is 4.39. The highest BCUT2D eigenvalue weighted by Crippen LogP contribution is 2.37. The Bertz CT molecular complexity index is 683. The zero-order valence-electron chi connectivity index (χ0n) is 13.3. The first-order valence-electron chi connectivity index (χ1n) is 7.86. The van der Waals surface area contributed by atoms with Crippen LogP contribution in [0.2, 0.25) is 0 Å². The van der Waals surface area contributed by atoms with Crippen molar-refractivity contribution < 1.29 is 4.39 Å². The largest absolute Gasteiger partial charge is 0.309 e. The maximum absolute atomic E-state index is 13.3. The van der Waals surface area contributed by atoms with Gasteiger partial charge >= 0.3 is 0 Å². The van der Waals surface area contributed by atoms with Crippen molar-refractivity contribution >= 4 is 5.57 Å². The molecule has 1 aliphatic carbocycles. The lowest BCUT2D eigenvalue weighted by atomic mass is 9.81. The monoisotopic (exact) mass is 295 g/mol. The predicted molar refractivity (Wildman–Crippen MR) is 90.4 cm³/mol. The highest BCUT2D eigenvalue weighted by Gasteiger charge is 2.19. The van der Waals surface area contributed by atoms with Gasteiger partial charge in [-0.3, -0.25) is 0 Å².